The number of rotatable bonds is 4. The number of likely N-dealkylation sites (tertiary alicyclic amines) is 1. The highest BCUT2D eigenvalue weighted by atomic mass is 16.5. The van der Waals surface area contributed by atoms with Crippen LogP contribution in [0, 0.1) is 13.8 Å². The number of nitrogens with two attached hydrogens (primary N) is 1. The van der Waals surface area contributed by atoms with Gasteiger partial charge < -0.3 is 15.4 Å². The lowest BCUT2D eigenvalue weighted by atomic mass is 10.0. The molecular formula is C16H24N2O2. The smallest absolute Gasteiger partial charge is 0.254 e. The van der Waals surface area contributed by atoms with E-state index >= 15 is 0 Å². The molecule has 1 aliphatic heterocycles. The van der Waals surface area contributed by atoms with Gasteiger partial charge in [-0.3, -0.25) is 4.79 Å². The van der Waals surface area contributed by atoms with Crippen molar-refractivity contribution < 1.29 is 9.53 Å². The molecule has 0 atom stereocenters. The average Bonchev–Trinajstić information content (AvgIpc) is 2.45. The van der Waals surface area contributed by atoms with Crippen molar-refractivity contribution in [3.05, 3.63) is 34.9 Å². The molecule has 1 heterocycles. The van der Waals surface area contributed by atoms with Gasteiger partial charge in [0.05, 0.1) is 12.7 Å². The van der Waals surface area contributed by atoms with E-state index in [1.54, 1.807) is 0 Å². The Balaban J connectivity index is 1.94. The molecule has 0 spiro atoms. The Morgan fingerprint density at radius 2 is 2.05 bits per heavy atom. The van der Waals surface area contributed by atoms with Crippen LogP contribution in [-0.4, -0.2) is 43.2 Å². The molecule has 1 aromatic rings. The molecule has 20 heavy (non-hydrogen) atoms. The molecule has 1 aliphatic rings. The molecule has 4 nitrogen and oxygen atoms in total. The molecule has 1 aromatic carbocycles. The van der Waals surface area contributed by atoms with Crippen LogP contribution in [0.25, 0.3) is 0 Å². The lowest BCUT2D eigenvalue weighted by molar-refractivity contribution is 0.0121. The molecule has 4 heteroatoms. The third kappa shape index (κ3) is 3.58. The minimum atomic E-state index is 0.139. The molecule has 1 fully saturated rings. The van der Waals surface area contributed by atoms with Crippen LogP contribution in [0.15, 0.2) is 18.2 Å². The van der Waals surface area contributed by atoms with Crippen molar-refractivity contribution in [1.29, 1.82) is 0 Å². The topological polar surface area (TPSA) is 55.6 Å². The van der Waals surface area contributed by atoms with Gasteiger partial charge in [0.15, 0.2) is 0 Å². The Morgan fingerprint density at radius 1 is 1.35 bits per heavy atom. The lowest BCUT2D eigenvalue weighted by Crippen LogP contribution is -2.41. The summed E-state index contributed by atoms with van der Waals surface area (Å²) in [5, 5.41) is 0. The Bertz CT molecular complexity index is 466. The third-order valence-corrected chi connectivity index (χ3v) is 3.81. The van der Waals surface area contributed by atoms with E-state index in [9.17, 15) is 4.79 Å². The van der Waals surface area contributed by atoms with E-state index in [1.807, 2.05) is 30.9 Å². The maximum Gasteiger partial charge on any atom is 0.254 e. The fourth-order valence-corrected chi connectivity index (χ4v) is 2.68. The van der Waals surface area contributed by atoms with Crippen LogP contribution in [0.3, 0.4) is 0 Å². The van der Waals surface area contributed by atoms with Crippen molar-refractivity contribution in [2.45, 2.75) is 32.8 Å². The first-order valence-electron chi connectivity index (χ1n) is 7.30. The highest BCUT2D eigenvalue weighted by Gasteiger charge is 2.24. The standard InChI is InChI=1S/C16H24N2O2/c1-12-3-4-15(13(2)11-12)16(19)18-8-5-14(6-9-18)20-10-7-17/h3-4,11,14H,5-10,17H2,1-2H3. The van der Waals surface area contributed by atoms with Crippen LogP contribution >= 0.6 is 0 Å². The number of hydrogen-bond donors (Lipinski definition) is 1. The van der Waals surface area contributed by atoms with Gasteiger partial charge in [-0.05, 0) is 38.3 Å². The summed E-state index contributed by atoms with van der Waals surface area (Å²) in [7, 11) is 0. The SMILES string of the molecule is Cc1ccc(C(=O)N2CCC(OCCN)CC2)c(C)c1. The predicted molar refractivity (Wildman–Crippen MR) is 79.8 cm³/mol. The molecule has 0 bridgehead atoms. The van der Waals surface area contributed by atoms with Crippen molar-refractivity contribution in [3.63, 3.8) is 0 Å². The summed E-state index contributed by atoms with van der Waals surface area (Å²) in [4.78, 5) is 14.4. The Labute approximate surface area is 120 Å². The quantitative estimate of drug-likeness (QED) is 0.913. The largest absolute Gasteiger partial charge is 0.377 e. The van der Waals surface area contributed by atoms with Gasteiger partial charge in [0.25, 0.3) is 5.91 Å². The fraction of sp³-hybridized carbons (Fsp3) is 0.562. The van der Waals surface area contributed by atoms with Gasteiger partial charge in [-0.15, -0.1) is 0 Å². The van der Waals surface area contributed by atoms with E-state index in [0.29, 0.717) is 13.2 Å². The monoisotopic (exact) mass is 276 g/mol. The van der Waals surface area contributed by atoms with Gasteiger partial charge in [0.1, 0.15) is 0 Å². The molecule has 0 saturated carbocycles. The van der Waals surface area contributed by atoms with Crippen LogP contribution in [0.1, 0.15) is 34.3 Å². The number of aryl methyl sites for hydroxylation is 2. The number of carbonyl (C=O) groups is 1. The molecule has 110 valence electrons. The number of carbonyl (C=O) groups excluding carboxylic acids is 1. The van der Waals surface area contributed by atoms with Gasteiger partial charge in [-0.1, -0.05) is 17.7 Å². The second kappa shape index (κ2) is 6.86. The summed E-state index contributed by atoms with van der Waals surface area (Å²) in [5.41, 5.74) is 8.49. The number of piperidine rings is 1. The van der Waals surface area contributed by atoms with Crippen molar-refractivity contribution in [1.82, 2.24) is 4.90 Å². The lowest BCUT2D eigenvalue weighted by Gasteiger charge is -2.32. The highest BCUT2D eigenvalue weighted by Crippen LogP contribution is 2.18. The minimum absolute atomic E-state index is 0.139. The van der Waals surface area contributed by atoms with Crippen LogP contribution in [0.5, 0.6) is 0 Å². The third-order valence-electron chi connectivity index (χ3n) is 3.81. The highest BCUT2D eigenvalue weighted by molar-refractivity contribution is 5.95. The van der Waals surface area contributed by atoms with Crippen molar-refractivity contribution >= 4 is 5.91 Å². The summed E-state index contributed by atoms with van der Waals surface area (Å²) in [6.07, 6.45) is 2.05. The van der Waals surface area contributed by atoms with Crippen LogP contribution in [-0.2, 0) is 4.74 Å². The van der Waals surface area contributed by atoms with E-state index < -0.39 is 0 Å². The van der Waals surface area contributed by atoms with Crippen molar-refractivity contribution in [2.24, 2.45) is 5.73 Å². The normalized spacial score (nSPS) is 16.4. The van der Waals surface area contributed by atoms with E-state index in [0.717, 1.165) is 37.1 Å². The van der Waals surface area contributed by atoms with Crippen LogP contribution in [0.2, 0.25) is 0 Å². The van der Waals surface area contributed by atoms with Crippen molar-refractivity contribution in [3.8, 4) is 0 Å². The van der Waals surface area contributed by atoms with E-state index in [-0.39, 0.29) is 12.0 Å². The maximum absolute atomic E-state index is 12.5. The zero-order valence-corrected chi connectivity index (χ0v) is 12.4. The molecule has 2 N–H and O–H groups in total. The zero-order chi connectivity index (χ0) is 14.5. The van der Waals surface area contributed by atoms with Crippen LogP contribution < -0.4 is 5.73 Å². The summed E-state index contributed by atoms with van der Waals surface area (Å²) in [6.45, 7) is 6.74. The number of nitrogens with zero attached hydrogens (tertiary/aromatic N) is 1. The Morgan fingerprint density at radius 3 is 2.65 bits per heavy atom. The number of ether oxygens (including phenoxy) is 1. The summed E-state index contributed by atoms with van der Waals surface area (Å²) in [5.74, 6) is 0.139. The summed E-state index contributed by atoms with van der Waals surface area (Å²) < 4.78 is 5.64. The first-order chi connectivity index (χ1) is 9.61. The average molecular weight is 276 g/mol. The number of benzene rings is 1. The first-order valence-corrected chi connectivity index (χ1v) is 7.30. The predicted octanol–water partition coefficient (Wildman–Crippen LogP) is 1.88. The Hall–Kier alpha value is -1.39. The molecule has 1 saturated heterocycles. The van der Waals surface area contributed by atoms with Gasteiger partial charge in [0, 0.05) is 25.2 Å². The Kier molecular flexibility index (Phi) is 5.15. The van der Waals surface area contributed by atoms with E-state index in [4.69, 9.17) is 10.5 Å². The summed E-state index contributed by atoms with van der Waals surface area (Å²) in [6, 6.07) is 5.99. The van der Waals surface area contributed by atoms with Crippen molar-refractivity contribution in [2.75, 3.05) is 26.2 Å². The zero-order valence-electron chi connectivity index (χ0n) is 12.4. The molecule has 0 aromatic heterocycles. The molecule has 0 radical (unpaired) electrons. The van der Waals surface area contributed by atoms with Gasteiger partial charge in [-0.2, -0.15) is 0 Å². The first kappa shape index (κ1) is 15.0. The maximum atomic E-state index is 12.5. The van der Waals surface area contributed by atoms with E-state index in [2.05, 4.69) is 6.07 Å². The second-order valence-electron chi connectivity index (χ2n) is 5.47. The van der Waals surface area contributed by atoms with Gasteiger partial charge >= 0.3 is 0 Å². The molecule has 0 unspecified atom stereocenters. The van der Waals surface area contributed by atoms with E-state index in [1.165, 1.54) is 5.56 Å². The fourth-order valence-electron chi connectivity index (χ4n) is 2.68. The molecule has 2 rings (SSSR count). The minimum Gasteiger partial charge on any atom is -0.377 e. The molecular weight excluding hydrogens is 252 g/mol. The van der Waals surface area contributed by atoms with Crippen LogP contribution in [0.4, 0.5) is 0 Å². The molecule has 1 amide bonds. The number of hydrogen-bond acceptors (Lipinski definition) is 3. The summed E-state index contributed by atoms with van der Waals surface area (Å²) >= 11 is 0. The van der Waals surface area contributed by atoms with Gasteiger partial charge in [0.2, 0.25) is 0 Å². The number of amides is 1. The second-order valence-corrected chi connectivity index (χ2v) is 5.47. The van der Waals surface area contributed by atoms with Gasteiger partial charge in [-0.25, -0.2) is 0 Å². The molecule has 0 aliphatic carbocycles.